The van der Waals surface area contributed by atoms with E-state index in [2.05, 4.69) is 4.74 Å². The molecule has 92 valence electrons. The molecule has 0 aliphatic carbocycles. The molecule has 15 heavy (non-hydrogen) atoms. The number of rotatable bonds is 8. The van der Waals surface area contributed by atoms with Gasteiger partial charge in [0.1, 0.15) is 0 Å². The zero-order chi connectivity index (χ0) is 11.7. The van der Waals surface area contributed by atoms with E-state index < -0.39 is 6.36 Å². The molecule has 0 fully saturated rings. The standard InChI is InChI=1S/C9H18F3NO2/c1-2-3-4-13(5-7-14)6-8-15-9(10,11)12/h14H,2-8H2,1H3. The van der Waals surface area contributed by atoms with Crippen LogP contribution in [0.25, 0.3) is 0 Å². The SMILES string of the molecule is CCCCN(CCO)CCOC(F)(F)F. The molecule has 0 saturated heterocycles. The van der Waals surface area contributed by atoms with E-state index in [-0.39, 0.29) is 19.8 Å². The average Bonchev–Trinajstić information content (AvgIpc) is 2.12. The summed E-state index contributed by atoms with van der Waals surface area (Å²) in [6.45, 7) is 2.85. The van der Waals surface area contributed by atoms with Crippen molar-refractivity contribution in [2.75, 3.05) is 32.8 Å². The van der Waals surface area contributed by atoms with Gasteiger partial charge in [-0.25, -0.2) is 0 Å². The number of halogens is 3. The summed E-state index contributed by atoms with van der Waals surface area (Å²) in [4.78, 5) is 1.76. The van der Waals surface area contributed by atoms with E-state index in [0.717, 1.165) is 12.8 Å². The zero-order valence-electron chi connectivity index (χ0n) is 8.89. The van der Waals surface area contributed by atoms with Crippen molar-refractivity contribution < 1.29 is 23.0 Å². The Kier molecular flexibility index (Phi) is 7.72. The number of alkyl halides is 3. The first-order chi connectivity index (χ1) is 6.99. The van der Waals surface area contributed by atoms with Crippen LogP contribution in [-0.2, 0) is 4.74 Å². The molecule has 0 saturated carbocycles. The van der Waals surface area contributed by atoms with Gasteiger partial charge in [0.15, 0.2) is 0 Å². The number of ether oxygens (including phenoxy) is 1. The summed E-state index contributed by atoms with van der Waals surface area (Å²) in [5, 5.41) is 8.69. The molecule has 0 unspecified atom stereocenters. The van der Waals surface area contributed by atoms with Gasteiger partial charge in [0.05, 0.1) is 13.2 Å². The Hall–Kier alpha value is -0.330. The molecule has 0 spiro atoms. The molecule has 0 rings (SSSR count). The summed E-state index contributed by atoms with van der Waals surface area (Å²) >= 11 is 0. The van der Waals surface area contributed by atoms with Crippen molar-refractivity contribution in [3.8, 4) is 0 Å². The second kappa shape index (κ2) is 7.90. The molecule has 0 amide bonds. The van der Waals surface area contributed by atoms with Crippen LogP contribution in [0.2, 0.25) is 0 Å². The van der Waals surface area contributed by atoms with E-state index in [1.54, 1.807) is 4.90 Å². The van der Waals surface area contributed by atoms with Crippen LogP contribution >= 0.6 is 0 Å². The van der Waals surface area contributed by atoms with Crippen LogP contribution in [0.3, 0.4) is 0 Å². The van der Waals surface area contributed by atoms with Crippen LogP contribution in [0, 0.1) is 0 Å². The van der Waals surface area contributed by atoms with Crippen LogP contribution in [0.15, 0.2) is 0 Å². The van der Waals surface area contributed by atoms with Crippen molar-refractivity contribution in [2.24, 2.45) is 0 Å². The zero-order valence-corrected chi connectivity index (χ0v) is 8.89. The van der Waals surface area contributed by atoms with Gasteiger partial charge >= 0.3 is 6.36 Å². The first kappa shape index (κ1) is 14.7. The minimum atomic E-state index is -4.56. The highest BCUT2D eigenvalue weighted by molar-refractivity contribution is 4.56. The molecule has 6 heteroatoms. The van der Waals surface area contributed by atoms with E-state index in [1.807, 2.05) is 6.92 Å². The molecule has 0 aliphatic rings. The highest BCUT2D eigenvalue weighted by atomic mass is 19.4. The van der Waals surface area contributed by atoms with Crippen molar-refractivity contribution >= 4 is 0 Å². The third kappa shape index (κ3) is 9.96. The number of aliphatic hydroxyl groups is 1. The largest absolute Gasteiger partial charge is 0.522 e. The Labute approximate surface area is 87.8 Å². The van der Waals surface area contributed by atoms with Crippen LogP contribution in [0.1, 0.15) is 19.8 Å². The topological polar surface area (TPSA) is 32.7 Å². The molecule has 0 aromatic carbocycles. The quantitative estimate of drug-likeness (QED) is 0.686. The van der Waals surface area contributed by atoms with Crippen molar-refractivity contribution in [1.29, 1.82) is 0 Å². The summed E-state index contributed by atoms with van der Waals surface area (Å²) in [5.74, 6) is 0. The van der Waals surface area contributed by atoms with Gasteiger partial charge in [-0.3, -0.25) is 9.64 Å². The predicted molar refractivity (Wildman–Crippen MR) is 50.4 cm³/mol. The Balaban J connectivity index is 3.65. The van der Waals surface area contributed by atoms with E-state index in [0.29, 0.717) is 13.1 Å². The number of nitrogens with zero attached hydrogens (tertiary/aromatic N) is 1. The lowest BCUT2D eigenvalue weighted by Crippen LogP contribution is -2.32. The van der Waals surface area contributed by atoms with E-state index in [9.17, 15) is 13.2 Å². The minimum absolute atomic E-state index is 0.0459. The molecular weight excluding hydrogens is 211 g/mol. The fraction of sp³-hybridized carbons (Fsp3) is 1.00. The number of hydrogen-bond acceptors (Lipinski definition) is 3. The van der Waals surface area contributed by atoms with Crippen molar-refractivity contribution in [3.63, 3.8) is 0 Å². The predicted octanol–water partition coefficient (Wildman–Crippen LogP) is 1.62. The van der Waals surface area contributed by atoms with E-state index in [1.165, 1.54) is 0 Å². The highest BCUT2D eigenvalue weighted by Gasteiger charge is 2.28. The average molecular weight is 229 g/mol. The third-order valence-electron chi connectivity index (χ3n) is 1.92. The minimum Gasteiger partial charge on any atom is -0.395 e. The van der Waals surface area contributed by atoms with E-state index >= 15 is 0 Å². The van der Waals surface area contributed by atoms with Gasteiger partial charge in [-0.05, 0) is 13.0 Å². The van der Waals surface area contributed by atoms with Gasteiger partial charge in [-0.2, -0.15) is 0 Å². The molecular formula is C9H18F3NO2. The maximum Gasteiger partial charge on any atom is 0.522 e. The van der Waals surface area contributed by atoms with Gasteiger partial charge in [0.25, 0.3) is 0 Å². The summed E-state index contributed by atoms with van der Waals surface area (Å²) in [7, 11) is 0. The smallest absolute Gasteiger partial charge is 0.395 e. The Morgan fingerprint density at radius 2 is 1.87 bits per heavy atom. The molecule has 0 bridgehead atoms. The number of hydrogen-bond donors (Lipinski definition) is 1. The lowest BCUT2D eigenvalue weighted by atomic mass is 10.3. The van der Waals surface area contributed by atoms with Crippen LogP contribution in [0.5, 0.6) is 0 Å². The molecule has 0 heterocycles. The van der Waals surface area contributed by atoms with Crippen LogP contribution in [0.4, 0.5) is 13.2 Å². The van der Waals surface area contributed by atoms with Crippen molar-refractivity contribution in [2.45, 2.75) is 26.1 Å². The van der Waals surface area contributed by atoms with Gasteiger partial charge in [-0.15, -0.1) is 13.2 Å². The first-order valence-electron chi connectivity index (χ1n) is 5.03. The third-order valence-corrected chi connectivity index (χ3v) is 1.92. The highest BCUT2D eigenvalue weighted by Crippen LogP contribution is 2.15. The van der Waals surface area contributed by atoms with Gasteiger partial charge in [0.2, 0.25) is 0 Å². The fourth-order valence-electron chi connectivity index (χ4n) is 1.15. The second-order valence-corrected chi connectivity index (χ2v) is 3.21. The monoisotopic (exact) mass is 229 g/mol. The summed E-state index contributed by atoms with van der Waals surface area (Å²) in [6, 6.07) is 0. The Bertz CT molecular complexity index is 153. The maximum absolute atomic E-state index is 11.7. The molecule has 0 aromatic rings. The van der Waals surface area contributed by atoms with Crippen LogP contribution < -0.4 is 0 Å². The number of unbranched alkanes of at least 4 members (excludes halogenated alkanes) is 1. The maximum atomic E-state index is 11.7. The normalized spacial score (nSPS) is 12.4. The molecule has 1 N–H and O–H groups in total. The first-order valence-corrected chi connectivity index (χ1v) is 5.03. The molecule has 0 atom stereocenters. The van der Waals surface area contributed by atoms with Crippen LogP contribution in [-0.4, -0.2) is 49.2 Å². The Morgan fingerprint density at radius 1 is 1.20 bits per heavy atom. The molecule has 0 aliphatic heterocycles. The lowest BCUT2D eigenvalue weighted by Gasteiger charge is -2.21. The van der Waals surface area contributed by atoms with Gasteiger partial charge in [-0.1, -0.05) is 13.3 Å². The molecule has 0 aromatic heterocycles. The summed E-state index contributed by atoms with van der Waals surface area (Å²) in [6.07, 6.45) is -2.68. The fourth-order valence-corrected chi connectivity index (χ4v) is 1.15. The van der Waals surface area contributed by atoms with Gasteiger partial charge < -0.3 is 5.11 Å². The van der Waals surface area contributed by atoms with Crippen molar-refractivity contribution in [1.82, 2.24) is 4.90 Å². The molecule has 3 nitrogen and oxygen atoms in total. The van der Waals surface area contributed by atoms with E-state index in [4.69, 9.17) is 5.11 Å². The van der Waals surface area contributed by atoms with Crippen molar-refractivity contribution in [3.05, 3.63) is 0 Å². The summed E-state index contributed by atoms with van der Waals surface area (Å²) < 4.78 is 38.6. The van der Waals surface area contributed by atoms with Gasteiger partial charge in [0, 0.05) is 13.1 Å². The second-order valence-electron chi connectivity index (χ2n) is 3.21. The Morgan fingerprint density at radius 3 is 2.33 bits per heavy atom. The number of aliphatic hydroxyl groups excluding tert-OH is 1. The lowest BCUT2D eigenvalue weighted by molar-refractivity contribution is -0.325. The summed E-state index contributed by atoms with van der Waals surface area (Å²) in [5.41, 5.74) is 0. The molecule has 0 radical (unpaired) electrons.